The number of carbonyl (C=O) groups excluding carboxylic acids is 1. The standard InChI is InChI=1S/C18H10BrCl2IN2O4/c19-11-5-9(6-13(22)17(11)28-8-15(25)26)4-10(7-23)18(27)24-14-3-1-2-12(20)16(14)21/h1-6H,8H2,(H,24,27)(H,25,26)/b10-4-. The number of rotatable bonds is 6. The minimum absolute atomic E-state index is 0.155. The molecule has 0 bridgehead atoms. The second-order valence-electron chi connectivity index (χ2n) is 5.22. The third-order valence-corrected chi connectivity index (χ3v) is 5.45. The molecule has 0 atom stereocenters. The SMILES string of the molecule is N#C/C(=C/c1cc(Br)c(OCC(=O)O)c(I)c1)C(=O)Nc1cccc(Cl)c1Cl. The molecular formula is C18H10BrCl2IN2O4. The van der Waals surface area contributed by atoms with Gasteiger partial charge >= 0.3 is 5.97 Å². The van der Waals surface area contributed by atoms with Crippen molar-refractivity contribution in [1.82, 2.24) is 0 Å². The Morgan fingerprint density at radius 1 is 1.36 bits per heavy atom. The zero-order valence-electron chi connectivity index (χ0n) is 13.8. The van der Waals surface area contributed by atoms with Crippen LogP contribution in [0.4, 0.5) is 5.69 Å². The zero-order chi connectivity index (χ0) is 20.8. The third-order valence-electron chi connectivity index (χ3n) is 3.24. The predicted octanol–water partition coefficient (Wildman–Crippen LogP) is 5.37. The predicted molar refractivity (Wildman–Crippen MR) is 119 cm³/mol. The largest absolute Gasteiger partial charge is 0.480 e. The maximum atomic E-state index is 12.4. The van der Waals surface area contributed by atoms with Crippen LogP contribution in [0.2, 0.25) is 10.0 Å². The van der Waals surface area contributed by atoms with E-state index in [0.717, 1.165) is 0 Å². The van der Waals surface area contributed by atoms with Crippen LogP contribution >= 0.6 is 61.7 Å². The number of hydrogen-bond donors (Lipinski definition) is 2. The van der Waals surface area contributed by atoms with E-state index in [-0.39, 0.29) is 21.3 Å². The van der Waals surface area contributed by atoms with Gasteiger partial charge in [-0.2, -0.15) is 5.26 Å². The summed E-state index contributed by atoms with van der Waals surface area (Å²) in [5, 5.41) is 21.1. The molecule has 10 heteroatoms. The number of amides is 1. The molecule has 0 radical (unpaired) electrons. The molecule has 0 heterocycles. The van der Waals surface area contributed by atoms with Crippen LogP contribution in [-0.4, -0.2) is 23.6 Å². The van der Waals surface area contributed by atoms with Gasteiger partial charge in [0.25, 0.3) is 5.91 Å². The van der Waals surface area contributed by atoms with Gasteiger partial charge in [-0.1, -0.05) is 29.3 Å². The van der Waals surface area contributed by atoms with Crippen LogP contribution in [0.3, 0.4) is 0 Å². The number of nitrogens with one attached hydrogen (secondary N) is 1. The van der Waals surface area contributed by atoms with Crippen LogP contribution in [0.1, 0.15) is 5.56 Å². The van der Waals surface area contributed by atoms with Crippen LogP contribution in [0.5, 0.6) is 5.75 Å². The van der Waals surface area contributed by atoms with Crippen molar-refractivity contribution in [1.29, 1.82) is 5.26 Å². The lowest BCUT2D eigenvalue weighted by Crippen LogP contribution is -2.14. The minimum atomic E-state index is -1.10. The molecule has 0 aromatic heterocycles. The van der Waals surface area contributed by atoms with Crippen LogP contribution < -0.4 is 10.1 Å². The first kappa shape index (κ1) is 22.5. The highest BCUT2D eigenvalue weighted by atomic mass is 127. The van der Waals surface area contributed by atoms with Gasteiger partial charge in [0, 0.05) is 0 Å². The summed E-state index contributed by atoms with van der Waals surface area (Å²) in [4.78, 5) is 23.1. The van der Waals surface area contributed by atoms with Gasteiger partial charge < -0.3 is 15.2 Å². The lowest BCUT2D eigenvalue weighted by molar-refractivity contribution is -0.139. The molecule has 0 unspecified atom stereocenters. The molecule has 1 amide bonds. The van der Waals surface area contributed by atoms with Crippen molar-refractivity contribution in [3.05, 3.63) is 59.6 Å². The summed E-state index contributed by atoms with van der Waals surface area (Å²) in [5.41, 5.74) is 0.675. The molecule has 0 saturated heterocycles. The molecule has 2 rings (SSSR count). The van der Waals surface area contributed by atoms with Gasteiger partial charge in [0.05, 0.1) is 23.8 Å². The van der Waals surface area contributed by atoms with Crippen molar-refractivity contribution in [2.45, 2.75) is 0 Å². The van der Waals surface area contributed by atoms with E-state index in [2.05, 4.69) is 21.2 Å². The number of carbonyl (C=O) groups is 2. The smallest absolute Gasteiger partial charge is 0.341 e. The number of benzene rings is 2. The first-order valence-corrected chi connectivity index (χ1v) is 10.1. The lowest BCUT2D eigenvalue weighted by atomic mass is 10.1. The number of nitrogens with zero attached hydrogens (tertiary/aromatic N) is 1. The van der Waals surface area contributed by atoms with E-state index in [1.807, 2.05) is 28.7 Å². The Kier molecular flexibility index (Phi) is 8.12. The Labute approximate surface area is 192 Å². The number of carboxylic acid groups (broad SMARTS) is 1. The average Bonchev–Trinajstić information content (AvgIpc) is 2.62. The van der Waals surface area contributed by atoms with E-state index in [9.17, 15) is 14.9 Å². The van der Waals surface area contributed by atoms with Crippen molar-refractivity contribution in [2.75, 3.05) is 11.9 Å². The Hall–Kier alpha value is -1.80. The van der Waals surface area contributed by atoms with Crippen molar-refractivity contribution in [2.24, 2.45) is 0 Å². The van der Waals surface area contributed by atoms with Crippen LogP contribution in [0.15, 0.2) is 40.4 Å². The third kappa shape index (κ3) is 5.85. The summed E-state index contributed by atoms with van der Waals surface area (Å²) in [5.74, 6) is -1.40. The molecule has 2 N–H and O–H groups in total. The summed E-state index contributed by atoms with van der Waals surface area (Å²) in [6.07, 6.45) is 1.39. The molecule has 0 fully saturated rings. The first-order valence-electron chi connectivity index (χ1n) is 7.43. The highest BCUT2D eigenvalue weighted by molar-refractivity contribution is 14.1. The molecule has 0 aliphatic heterocycles. The van der Waals surface area contributed by atoms with Gasteiger partial charge in [0.1, 0.15) is 17.4 Å². The summed E-state index contributed by atoms with van der Waals surface area (Å²) in [6, 6.07) is 9.87. The van der Waals surface area contributed by atoms with Crippen LogP contribution in [-0.2, 0) is 9.59 Å². The highest BCUT2D eigenvalue weighted by Crippen LogP contribution is 2.33. The van der Waals surface area contributed by atoms with E-state index in [0.29, 0.717) is 19.4 Å². The Morgan fingerprint density at radius 2 is 2.07 bits per heavy atom. The van der Waals surface area contributed by atoms with E-state index < -0.39 is 18.5 Å². The molecule has 0 aliphatic rings. The molecular weight excluding hydrogens is 586 g/mol. The fourth-order valence-corrected chi connectivity index (χ4v) is 4.16. The summed E-state index contributed by atoms with van der Waals surface area (Å²) >= 11 is 17.2. The van der Waals surface area contributed by atoms with Crippen molar-refractivity contribution in [3.63, 3.8) is 0 Å². The second kappa shape index (κ2) is 10.1. The molecule has 2 aromatic rings. The van der Waals surface area contributed by atoms with E-state index >= 15 is 0 Å². The topological polar surface area (TPSA) is 99.4 Å². The van der Waals surface area contributed by atoms with E-state index in [1.165, 1.54) is 6.08 Å². The quantitative estimate of drug-likeness (QED) is 0.266. The molecule has 28 heavy (non-hydrogen) atoms. The van der Waals surface area contributed by atoms with Gasteiger partial charge in [0.15, 0.2) is 6.61 Å². The second-order valence-corrected chi connectivity index (χ2v) is 8.02. The van der Waals surface area contributed by atoms with Crippen LogP contribution in [0, 0.1) is 14.9 Å². The number of ether oxygens (including phenoxy) is 1. The fraction of sp³-hybridized carbons (Fsp3) is 0.0556. The molecule has 6 nitrogen and oxygen atoms in total. The summed E-state index contributed by atoms with van der Waals surface area (Å²) in [6.45, 7) is -0.490. The fourth-order valence-electron chi connectivity index (χ4n) is 2.04. The van der Waals surface area contributed by atoms with Gasteiger partial charge in [-0.3, -0.25) is 4.79 Å². The average molecular weight is 596 g/mol. The molecule has 2 aromatic carbocycles. The summed E-state index contributed by atoms with van der Waals surface area (Å²) < 4.78 is 6.32. The number of nitriles is 1. The van der Waals surface area contributed by atoms with Gasteiger partial charge in [-0.25, -0.2) is 4.79 Å². The number of hydrogen-bond acceptors (Lipinski definition) is 4. The number of anilines is 1. The maximum Gasteiger partial charge on any atom is 0.341 e. The first-order chi connectivity index (χ1) is 13.2. The Bertz CT molecular complexity index is 998. The van der Waals surface area contributed by atoms with E-state index in [4.69, 9.17) is 33.0 Å². The number of carboxylic acids is 1. The van der Waals surface area contributed by atoms with Crippen molar-refractivity contribution < 1.29 is 19.4 Å². The summed E-state index contributed by atoms with van der Waals surface area (Å²) in [7, 11) is 0. The molecule has 0 spiro atoms. The normalized spacial score (nSPS) is 10.9. The number of halogens is 4. The molecule has 0 aliphatic carbocycles. The maximum absolute atomic E-state index is 12.4. The van der Waals surface area contributed by atoms with E-state index in [1.54, 1.807) is 30.3 Å². The monoisotopic (exact) mass is 594 g/mol. The minimum Gasteiger partial charge on any atom is -0.480 e. The van der Waals surface area contributed by atoms with Crippen LogP contribution in [0.25, 0.3) is 6.08 Å². The van der Waals surface area contributed by atoms with Gasteiger partial charge in [0.2, 0.25) is 0 Å². The zero-order valence-corrected chi connectivity index (χ0v) is 19.1. The molecule has 144 valence electrons. The van der Waals surface area contributed by atoms with Crippen molar-refractivity contribution in [3.8, 4) is 11.8 Å². The number of aliphatic carboxylic acids is 1. The lowest BCUT2D eigenvalue weighted by Gasteiger charge is -2.10. The Morgan fingerprint density at radius 3 is 2.68 bits per heavy atom. The highest BCUT2D eigenvalue weighted by Gasteiger charge is 2.15. The van der Waals surface area contributed by atoms with Crippen molar-refractivity contribution >= 4 is 85.4 Å². The van der Waals surface area contributed by atoms with Gasteiger partial charge in [-0.15, -0.1) is 0 Å². The Balaban J connectivity index is 2.28. The van der Waals surface area contributed by atoms with Gasteiger partial charge in [-0.05, 0) is 74.4 Å². The molecule has 0 saturated carbocycles.